The van der Waals surface area contributed by atoms with E-state index < -0.39 is 0 Å². The van der Waals surface area contributed by atoms with Gasteiger partial charge >= 0.3 is 0 Å². The fourth-order valence-corrected chi connectivity index (χ4v) is 2.89. The van der Waals surface area contributed by atoms with E-state index in [-0.39, 0.29) is 5.82 Å². The largest absolute Gasteiger partial charge is 0.381 e. The van der Waals surface area contributed by atoms with Gasteiger partial charge in [-0.3, -0.25) is 0 Å². The first-order valence-corrected chi connectivity index (χ1v) is 6.04. The van der Waals surface area contributed by atoms with E-state index in [1.807, 2.05) is 6.07 Å². The molecule has 2 nitrogen and oxygen atoms in total. The molecular formula is C13H17FN2. The summed E-state index contributed by atoms with van der Waals surface area (Å²) in [6.45, 7) is 4.37. The van der Waals surface area contributed by atoms with Crippen LogP contribution >= 0.6 is 0 Å². The first kappa shape index (κ1) is 9.94. The Morgan fingerprint density at radius 2 is 2.31 bits per heavy atom. The van der Waals surface area contributed by atoms with Crippen LogP contribution < -0.4 is 10.2 Å². The van der Waals surface area contributed by atoms with Crippen molar-refractivity contribution in [1.82, 2.24) is 0 Å². The van der Waals surface area contributed by atoms with Crippen molar-refractivity contribution in [2.75, 3.05) is 23.3 Å². The fourth-order valence-electron chi connectivity index (χ4n) is 2.89. The number of nitrogens with one attached hydrogen (secondary N) is 1. The summed E-state index contributed by atoms with van der Waals surface area (Å²) in [6, 6.07) is 5.64. The summed E-state index contributed by atoms with van der Waals surface area (Å²) in [5.41, 5.74) is 2.12. The summed E-state index contributed by atoms with van der Waals surface area (Å²) >= 11 is 0. The van der Waals surface area contributed by atoms with E-state index in [9.17, 15) is 4.39 Å². The van der Waals surface area contributed by atoms with Crippen molar-refractivity contribution >= 4 is 11.4 Å². The van der Waals surface area contributed by atoms with Gasteiger partial charge in [-0.15, -0.1) is 0 Å². The summed E-state index contributed by atoms with van der Waals surface area (Å²) in [6.07, 6.45) is 2.48. The van der Waals surface area contributed by atoms with Crippen LogP contribution in [0.5, 0.6) is 0 Å². The molecule has 86 valence electrons. The van der Waals surface area contributed by atoms with Gasteiger partial charge in [0.15, 0.2) is 0 Å². The number of nitrogens with zero attached hydrogens (tertiary/aromatic N) is 1. The van der Waals surface area contributed by atoms with Crippen LogP contribution in [0, 0.1) is 11.7 Å². The number of hydrogen-bond acceptors (Lipinski definition) is 2. The van der Waals surface area contributed by atoms with Gasteiger partial charge in [-0.25, -0.2) is 4.39 Å². The van der Waals surface area contributed by atoms with Crippen molar-refractivity contribution in [3.8, 4) is 0 Å². The lowest BCUT2D eigenvalue weighted by Crippen LogP contribution is -2.48. The maximum atomic E-state index is 13.1. The van der Waals surface area contributed by atoms with Crippen molar-refractivity contribution in [2.45, 2.75) is 25.8 Å². The molecule has 1 aromatic carbocycles. The minimum atomic E-state index is -0.157. The topological polar surface area (TPSA) is 15.3 Å². The highest BCUT2D eigenvalue weighted by molar-refractivity contribution is 5.73. The Hall–Kier alpha value is -1.25. The lowest BCUT2D eigenvalue weighted by molar-refractivity contribution is 0.367. The molecule has 3 heteroatoms. The van der Waals surface area contributed by atoms with E-state index in [1.165, 1.54) is 18.5 Å². The molecule has 0 saturated carbocycles. The van der Waals surface area contributed by atoms with Gasteiger partial charge in [-0.05, 0) is 37.0 Å². The van der Waals surface area contributed by atoms with Gasteiger partial charge in [0, 0.05) is 19.1 Å². The maximum absolute atomic E-state index is 13.1. The van der Waals surface area contributed by atoms with Crippen LogP contribution in [-0.4, -0.2) is 19.1 Å². The van der Waals surface area contributed by atoms with Gasteiger partial charge in [-0.2, -0.15) is 0 Å². The molecule has 1 N–H and O–H groups in total. The summed E-state index contributed by atoms with van der Waals surface area (Å²) in [5, 5.41) is 3.34. The third-order valence-electron chi connectivity index (χ3n) is 3.77. The molecule has 0 aromatic heterocycles. The summed E-state index contributed by atoms with van der Waals surface area (Å²) < 4.78 is 13.1. The van der Waals surface area contributed by atoms with E-state index in [0.717, 1.165) is 24.7 Å². The normalized spacial score (nSPS) is 28.0. The van der Waals surface area contributed by atoms with Crippen molar-refractivity contribution in [3.63, 3.8) is 0 Å². The second-order valence-electron chi connectivity index (χ2n) is 5.02. The standard InChI is InChI=1S/C13H17FN2/c1-9-4-5-16-11(6-9)8-15-12-7-10(14)2-3-13(12)16/h2-3,7,9,11,15H,4-6,8H2,1H3. The number of hydrogen-bond donors (Lipinski definition) is 1. The summed E-state index contributed by atoms with van der Waals surface area (Å²) in [4.78, 5) is 2.44. The maximum Gasteiger partial charge on any atom is 0.125 e. The highest BCUT2D eigenvalue weighted by Crippen LogP contribution is 2.36. The van der Waals surface area contributed by atoms with Crippen LogP contribution in [0.1, 0.15) is 19.8 Å². The number of benzene rings is 1. The molecule has 1 aromatic rings. The number of anilines is 2. The molecule has 2 atom stereocenters. The average Bonchev–Trinajstić information content (AvgIpc) is 2.28. The van der Waals surface area contributed by atoms with Gasteiger partial charge < -0.3 is 10.2 Å². The van der Waals surface area contributed by atoms with Crippen molar-refractivity contribution in [3.05, 3.63) is 24.0 Å². The first-order valence-electron chi connectivity index (χ1n) is 6.04. The predicted octanol–water partition coefficient (Wildman–Crippen LogP) is 2.86. The number of rotatable bonds is 0. The third-order valence-corrected chi connectivity index (χ3v) is 3.77. The van der Waals surface area contributed by atoms with E-state index >= 15 is 0 Å². The zero-order valence-corrected chi connectivity index (χ0v) is 9.54. The van der Waals surface area contributed by atoms with Crippen molar-refractivity contribution in [2.24, 2.45) is 5.92 Å². The quantitative estimate of drug-likeness (QED) is 0.723. The van der Waals surface area contributed by atoms with Crippen LogP contribution in [0.4, 0.5) is 15.8 Å². The number of halogens is 1. The van der Waals surface area contributed by atoms with E-state index in [2.05, 4.69) is 17.1 Å². The van der Waals surface area contributed by atoms with E-state index in [1.54, 1.807) is 12.1 Å². The predicted molar refractivity (Wildman–Crippen MR) is 64.4 cm³/mol. The van der Waals surface area contributed by atoms with Crippen LogP contribution in [-0.2, 0) is 0 Å². The number of fused-ring (bicyclic) bond motifs is 3. The van der Waals surface area contributed by atoms with E-state index in [4.69, 9.17) is 0 Å². The van der Waals surface area contributed by atoms with Crippen LogP contribution in [0.3, 0.4) is 0 Å². The van der Waals surface area contributed by atoms with Gasteiger partial charge in [0.25, 0.3) is 0 Å². The lowest BCUT2D eigenvalue weighted by atomic mass is 9.90. The fraction of sp³-hybridized carbons (Fsp3) is 0.538. The monoisotopic (exact) mass is 220 g/mol. The minimum Gasteiger partial charge on any atom is -0.381 e. The Labute approximate surface area is 95.4 Å². The molecule has 1 fully saturated rings. The highest BCUT2D eigenvalue weighted by Gasteiger charge is 2.30. The second kappa shape index (κ2) is 3.65. The Bertz CT molecular complexity index is 405. The first-order chi connectivity index (χ1) is 7.74. The Morgan fingerprint density at radius 3 is 3.19 bits per heavy atom. The molecule has 0 radical (unpaired) electrons. The molecule has 16 heavy (non-hydrogen) atoms. The van der Waals surface area contributed by atoms with Crippen LogP contribution in [0.2, 0.25) is 0 Å². The van der Waals surface area contributed by atoms with Crippen molar-refractivity contribution in [1.29, 1.82) is 0 Å². The third kappa shape index (κ3) is 1.55. The molecule has 2 heterocycles. The molecule has 0 amide bonds. The highest BCUT2D eigenvalue weighted by atomic mass is 19.1. The van der Waals surface area contributed by atoms with Gasteiger partial charge in [0.1, 0.15) is 5.82 Å². The molecule has 0 bridgehead atoms. The zero-order valence-electron chi connectivity index (χ0n) is 9.54. The number of piperidine rings is 1. The van der Waals surface area contributed by atoms with Crippen molar-refractivity contribution < 1.29 is 4.39 Å². The van der Waals surface area contributed by atoms with Crippen LogP contribution in [0.15, 0.2) is 18.2 Å². The summed E-state index contributed by atoms with van der Waals surface area (Å²) in [5.74, 6) is 0.653. The molecule has 2 aliphatic heterocycles. The Kier molecular flexibility index (Phi) is 2.27. The second-order valence-corrected chi connectivity index (χ2v) is 5.02. The van der Waals surface area contributed by atoms with Gasteiger partial charge in [0.05, 0.1) is 11.4 Å². The Balaban J connectivity index is 1.94. The molecule has 0 spiro atoms. The molecule has 3 rings (SSSR count). The van der Waals surface area contributed by atoms with Crippen LogP contribution in [0.25, 0.3) is 0 Å². The SMILES string of the molecule is CC1CCN2c3ccc(F)cc3NCC2C1. The lowest BCUT2D eigenvalue weighted by Gasteiger charge is -2.44. The van der Waals surface area contributed by atoms with E-state index in [0.29, 0.717) is 6.04 Å². The minimum absolute atomic E-state index is 0.157. The average molecular weight is 220 g/mol. The summed E-state index contributed by atoms with van der Waals surface area (Å²) in [7, 11) is 0. The molecule has 1 saturated heterocycles. The smallest absolute Gasteiger partial charge is 0.125 e. The molecule has 0 aliphatic carbocycles. The van der Waals surface area contributed by atoms with Gasteiger partial charge in [0.2, 0.25) is 0 Å². The molecular weight excluding hydrogens is 203 g/mol. The molecule has 2 aliphatic rings. The van der Waals surface area contributed by atoms with Gasteiger partial charge in [-0.1, -0.05) is 6.92 Å². The molecule has 2 unspecified atom stereocenters. The zero-order chi connectivity index (χ0) is 11.1. The Morgan fingerprint density at radius 1 is 1.44 bits per heavy atom.